The zero-order chi connectivity index (χ0) is 13.7. The second-order valence-electron chi connectivity index (χ2n) is 4.17. The first-order chi connectivity index (χ1) is 9.18. The van der Waals surface area contributed by atoms with Gasteiger partial charge in [-0.2, -0.15) is 4.39 Å². The molecule has 5 nitrogen and oxygen atoms in total. The third-order valence-corrected chi connectivity index (χ3v) is 2.91. The van der Waals surface area contributed by atoms with Crippen molar-refractivity contribution < 1.29 is 18.3 Å². The summed E-state index contributed by atoms with van der Waals surface area (Å²) in [5.41, 5.74) is -0.325. The van der Waals surface area contributed by atoms with Crippen molar-refractivity contribution in [3.8, 4) is 0 Å². The highest BCUT2D eigenvalue weighted by Gasteiger charge is 2.16. The molecule has 1 aliphatic heterocycles. The van der Waals surface area contributed by atoms with E-state index in [1.807, 2.05) is 0 Å². The number of rotatable bonds is 4. The normalized spacial score (nSPS) is 16.3. The minimum absolute atomic E-state index is 0.325. The summed E-state index contributed by atoms with van der Waals surface area (Å²) in [5.74, 6) is -3.11. The van der Waals surface area contributed by atoms with E-state index in [2.05, 4.69) is 15.2 Å². The monoisotopic (exact) mass is 271 g/mol. The number of amides is 1. The van der Waals surface area contributed by atoms with E-state index >= 15 is 0 Å². The lowest BCUT2D eigenvalue weighted by atomic mass is 10.2. The molecule has 104 valence electrons. The van der Waals surface area contributed by atoms with Gasteiger partial charge in [-0.1, -0.05) is 0 Å². The molecule has 2 heterocycles. The van der Waals surface area contributed by atoms with Crippen molar-refractivity contribution in [1.82, 2.24) is 15.2 Å². The number of morpholine rings is 1. The highest BCUT2D eigenvalue weighted by molar-refractivity contribution is 5.94. The van der Waals surface area contributed by atoms with Crippen molar-refractivity contribution in [3.63, 3.8) is 0 Å². The summed E-state index contributed by atoms with van der Waals surface area (Å²) in [7, 11) is 0. The number of pyridine rings is 1. The molecule has 1 saturated heterocycles. The van der Waals surface area contributed by atoms with Gasteiger partial charge in [-0.05, 0) is 6.07 Å². The Labute approximate surface area is 109 Å². The average molecular weight is 271 g/mol. The van der Waals surface area contributed by atoms with Crippen molar-refractivity contribution in [1.29, 1.82) is 0 Å². The fourth-order valence-corrected chi connectivity index (χ4v) is 1.84. The van der Waals surface area contributed by atoms with Crippen LogP contribution in [0.4, 0.5) is 8.78 Å². The molecule has 0 aliphatic carbocycles. The summed E-state index contributed by atoms with van der Waals surface area (Å²) in [4.78, 5) is 16.9. The van der Waals surface area contributed by atoms with Gasteiger partial charge in [-0.15, -0.1) is 0 Å². The van der Waals surface area contributed by atoms with Gasteiger partial charge in [0.25, 0.3) is 5.91 Å². The smallest absolute Gasteiger partial charge is 0.254 e. The molecule has 19 heavy (non-hydrogen) atoms. The second kappa shape index (κ2) is 6.53. The van der Waals surface area contributed by atoms with E-state index < -0.39 is 17.7 Å². The van der Waals surface area contributed by atoms with E-state index in [0.717, 1.165) is 25.4 Å². The maximum atomic E-state index is 13.3. The summed E-state index contributed by atoms with van der Waals surface area (Å²) in [6, 6.07) is 1.16. The summed E-state index contributed by atoms with van der Waals surface area (Å²) < 4.78 is 31.4. The molecule has 1 aliphatic rings. The largest absolute Gasteiger partial charge is 0.379 e. The lowest BCUT2D eigenvalue weighted by Crippen LogP contribution is -2.41. The molecule has 0 unspecified atom stereocenters. The van der Waals surface area contributed by atoms with Crippen LogP contribution in [-0.2, 0) is 4.74 Å². The molecule has 1 aromatic rings. The van der Waals surface area contributed by atoms with Crippen LogP contribution in [0.25, 0.3) is 0 Å². The van der Waals surface area contributed by atoms with E-state index in [9.17, 15) is 13.6 Å². The SMILES string of the molecule is O=C(NCCN1CCOCC1)c1ccnc(F)c1F. The first-order valence-electron chi connectivity index (χ1n) is 6.07. The minimum Gasteiger partial charge on any atom is -0.379 e. The van der Waals surface area contributed by atoms with Gasteiger partial charge in [0.15, 0.2) is 5.82 Å². The van der Waals surface area contributed by atoms with Crippen molar-refractivity contribution in [2.45, 2.75) is 0 Å². The maximum Gasteiger partial charge on any atom is 0.254 e. The molecule has 0 aromatic carbocycles. The molecule has 7 heteroatoms. The zero-order valence-corrected chi connectivity index (χ0v) is 10.4. The third kappa shape index (κ3) is 3.68. The lowest BCUT2D eigenvalue weighted by molar-refractivity contribution is 0.0383. The van der Waals surface area contributed by atoms with Gasteiger partial charge in [0.2, 0.25) is 5.95 Å². The molecule has 2 rings (SSSR count). The van der Waals surface area contributed by atoms with E-state index in [0.29, 0.717) is 26.3 Å². The summed E-state index contributed by atoms with van der Waals surface area (Å²) in [5, 5.41) is 2.56. The number of hydrogen-bond acceptors (Lipinski definition) is 4. The Bertz CT molecular complexity index is 451. The Morgan fingerprint density at radius 3 is 2.89 bits per heavy atom. The van der Waals surface area contributed by atoms with Crippen LogP contribution in [-0.4, -0.2) is 55.2 Å². The highest BCUT2D eigenvalue weighted by atomic mass is 19.2. The summed E-state index contributed by atoms with van der Waals surface area (Å²) in [6.07, 6.45) is 1.06. The molecule has 1 aromatic heterocycles. The number of carbonyl (C=O) groups excluding carboxylic acids is 1. The Morgan fingerprint density at radius 2 is 2.16 bits per heavy atom. The van der Waals surface area contributed by atoms with Crippen LogP contribution in [0, 0.1) is 11.8 Å². The van der Waals surface area contributed by atoms with Gasteiger partial charge >= 0.3 is 0 Å². The molecular weight excluding hydrogens is 256 g/mol. The first kappa shape index (κ1) is 13.8. The van der Waals surface area contributed by atoms with Crippen LogP contribution in [0.5, 0.6) is 0 Å². The number of nitrogens with zero attached hydrogens (tertiary/aromatic N) is 2. The van der Waals surface area contributed by atoms with Crippen molar-refractivity contribution in [2.75, 3.05) is 39.4 Å². The summed E-state index contributed by atoms with van der Waals surface area (Å²) >= 11 is 0. The molecule has 0 bridgehead atoms. The highest BCUT2D eigenvalue weighted by Crippen LogP contribution is 2.08. The number of hydrogen-bond donors (Lipinski definition) is 1. The van der Waals surface area contributed by atoms with Crippen molar-refractivity contribution in [2.24, 2.45) is 0 Å². The van der Waals surface area contributed by atoms with E-state index in [4.69, 9.17) is 4.74 Å². The van der Waals surface area contributed by atoms with Crippen LogP contribution in [0.15, 0.2) is 12.3 Å². The van der Waals surface area contributed by atoms with Crippen LogP contribution in [0.2, 0.25) is 0 Å². The second-order valence-corrected chi connectivity index (χ2v) is 4.17. The fourth-order valence-electron chi connectivity index (χ4n) is 1.84. The standard InChI is InChI=1S/C12H15F2N3O2/c13-10-9(1-2-15-11(10)14)12(18)16-3-4-17-5-7-19-8-6-17/h1-2H,3-8H2,(H,16,18). The number of ether oxygens (including phenoxy) is 1. The number of aromatic nitrogens is 1. The van der Waals surface area contributed by atoms with Crippen molar-refractivity contribution >= 4 is 5.91 Å². The Morgan fingerprint density at radius 1 is 1.42 bits per heavy atom. The van der Waals surface area contributed by atoms with Gasteiger partial charge in [-0.3, -0.25) is 9.69 Å². The van der Waals surface area contributed by atoms with Gasteiger partial charge in [0, 0.05) is 32.4 Å². The number of nitrogens with one attached hydrogen (secondary N) is 1. The Hall–Kier alpha value is -1.60. The topological polar surface area (TPSA) is 54.5 Å². The van der Waals surface area contributed by atoms with Crippen LogP contribution in [0.3, 0.4) is 0 Å². The summed E-state index contributed by atoms with van der Waals surface area (Å²) in [6.45, 7) is 4.02. The number of carbonyl (C=O) groups is 1. The number of halogens is 2. The quantitative estimate of drug-likeness (QED) is 0.807. The molecule has 0 radical (unpaired) electrons. The average Bonchev–Trinajstić information content (AvgIpc) is 2.43. The molecular formula is C12H15F2N3O2. The van der Waals surface area contributed by atoms with E-state index in [1.165, 1.54) is 0 Å². The molecule has 0 spiro atoms. The van der Waals surface area contributed by atoms with Gasteiger partial charge in [-0.25, -0.2) is 9.37 Å². The van der Waals surface area contributed by atoms with Crippen LogP contribution >= 0.6 is 0 Å². The van der Waals surface area contributed by atoms with Crippen LogP contribution in [0.1, 0.15) is 10.4 Å². The van der Waals surface area contributed by atoms with Crippen molar-refractivity contribution in [3.05, 3.63) is 29.6 Å². The molecule has 1 N–H and O–H groups in total. The van der Waals surface area contributed by atoms with Gasteiger partial charge in [0.1, 0.15) is 0 Å². The Kier molecular flexibility index (Phi) is 4.75. The molecule has 1 fully saturated rings. The predicted molar refractivity (Wildman–Crippen MR) is 63.7 cm³/mol. The molecule has 1 amide bonds. The van der Waals surface area contributed by atoms with Gasteiger partial charge < -0.3 is 10.1 Å². The zero-order valence-electron chi connectivity index (χ0n) is 10.4. The third-order valence-electron chi connectivity index (χ3n) is 2.91. The first-order valence-corrected chi connectivity index (χ1v) is 6.07. The van der Waals surface area contributed by atoms with Gasteiger partial charge in [0.05, 0.1) is 18.8 Å². The molecule has 0 atom stereocenters. The fraction of sp³-hybridized carbons (Fsp3) is 0.500. The Balaban J connectivity index is 1.82. The predicted octanol–water partition coefficient (Wildman–Crippen LogP) is 0.422. The maximum absolute atomic E-state index is 13.3. The van der Waals surface area contributed by atoms with Crippen LogP contribution < -0.4 is 5.32 Å². The molecule has 0 saturated carbocycles. The lowest BCUT2D eigenvalue weighted by Gasteiger charge is -2.26. The minimum atomic E-state index is -1.26. The van der Waals surface area contributed by atoms with E-state index in [-0.39, 0.29) is 5.56 Å². The van der Waals surface area contributed by atoms with E-state index in [1.54, 1.807) is 0 Å².